The molecule has 1 atom stereocenters. The van der Waals surface area contributed by atoms with E-state index in [4.69, 9.17) is 0 Å². The first kappa shape index (κ1) is 12.1. The zero-order chi connectivity index (χ0) is 10.6. The fraction of sp³-hybridized carbons (Fsp3) is 0.400. The number of benzene rings is 1. The van der Waals surface area contributed by atoms with E-state index in [1.165, 1.54) is 6.07 Å². The Balaban J connectivity index is 2.58. The molecule has 0 radical (unpaired) electrons. The molecule has 14 heavy (non-hydrogen) atoms. The molecular weight excluding hydrogens is 313 g/mol. The van der Waals surface area contributed by atoms with Crippen LogP contribution in [0.1, 0.15) is 12.5 Å². The van der Waals surface area contributed by atoms with Crippen LogP contribution in [0.25, 0.3) is 0 Å². The van der Waals surface area contributed by atoms with E-state index in [1.54, 1.807) is 6.07 Å². The van der Waals surface area contributed by atoms with Crippen molar-refractivity contribution in [2.75, 3.05) is 5.33 Å². The van der Waals surface area contributed by atoms with E-state index < -0.39 is 0 Å². The summed E-state index contributed by atoms with van der Waals surface area (Å²) in [5.74, 6) is -0.206. The topological polar surface area (TPSA) is 12.0 Å². The zero-order valence-corrected chi connectivity index (χ0v) is 11.0. The molecule has 0 saturated heterocycles. The van der Waals surface area contributed by atoms with Gasteiger partial charge in [-0.2, -0.15) is 0 Å². The maximum Gasteiger partial charge on any atom is 0.124 e. The molecule has 78 valence electrons. The van der Waals surface area contributed by atoms with Gasteiger partial charge in [0, 0.05) is 22.4 Å². The summed E-state index contributed by atoms with van der Waals surface area (Å²) >= 11 is 6.63. The van der Waals surface area contributed by atoms with Crippen LogP contribution in [0.2, 0.25) is 0 Å². The van der Waals surface area contributed by atoms with Gasteiger partial charge in [0.05, 0.1) is 0 Å². The van der Waals surface area contributed by atoms with Gasteiger partial charge in [-0.1, -0.05) is 31.9 Å². The van der Waals surface area contributed by atoms with Crippen molar-refractivity contribution in [3.63, 3.8) is 0 Å². The first-order chi connectivity index (χ1) is 6.61. The molecule has 0 saturated carbocycles. The fourth-order valence-electron chi connectivity index (χ4n) is 1.06. The first-order valence-electron chi connectivity index (χ1n) is 4.36. The highest BCUT2D eigenvalue weighted by Gasteiger charge is 2.01. The van der Waals surface area contributed by atoms with Gasteiger partial charge in [-0.25, -0.2) is 4.39 Å². The first-order valence-corrected chi connectivity index (χ1v) is 6.27. The normalized spacial score (nSPS) is 12.9. The predicted molar refractivity (Wildman–Crippen MR) is 64.2 cm³/mol. The van der Waals surface area contributed by atoms with Gasteiger partial charge in [0.2, 0.25) is 0 Å². The van der Waals surface area contributed by atoms with E-state index in [-0.39, 0.29) is 5.82 Å². The molecule has 1 aromatic rings. The number of rotatable bonds is 4. The molecular formula is C10H12Br2FN. The molecule has 0 aliphatic heterocycles. The standard InChI is InChI=1S/C10H12Br2FN/c1-7(5-11)14-6-8-2-9(12)4-10(13)3-8/h2-4,7,14H,5-6H2,1H3. The summed E-state index contributed by atoms with van der Waals surface area (Å²) in [4.78, 5) is 0. The Labute approximate surface area is 100 Å². The molecule has 0 aliphatic rings. The molecule has 0 fully saturated rings. The van der Waals surface area contributed by atoms with Crippen LogP contribution in [0.15, 0.2) is 22.7 Å². The lowest BCUT2D eigenvalue weighted by Gasteiger charge is -2.10. The summed E-state index contributed by atoms with van der Waals surface area (Å²) in [7, 11) is 0. The molecule has 0 heterocycles. The Morgan fingerprint density at radius 3 is 2.71 bits per heavy atom. The maximum absolute atomic E-state index is 13.0. The molecule has 0 spiro atoms. The third kappa shape index (κ3) is 4.07. The third-order valence-electron chi connectivity index (χ3n) is 1.81. The van der Waals surface area contributed by atoms with Crippen molar-refractivity contribution in [3.8, 4) is 0 Å². The molecule has 1 nitrogen and oxygen atoms in total. The lowest BCUT2D eigenvalue weighted by Crippen LogP contribution is -2.26. The minimum atomic E-state index is -0.206. The van der Waals surface area contributed by atoms with Gasteiger partial charge >= 0.3 is 0 Å². The second-order valence-electron chi connectivity index (χ2n) is 3.21. The van der Waals surface area contributed by atoms with E-state index in [0.29, 0.717) is 12.6 Å². The smallest absolute Gasteiger partial charge is 0.124 e. The van der Waals surface area contributed by atoms with Crippen LogP contribution in [0.4, 0.5) is 4.39 Å². The van der Waals surface area contributed by atoms with E-state index in [0.717, 1.165) is 15.4 Å². The third-order valence-corrected chi connectivity index (χ3v) is 3.24. The lowest BCUT2D eigenvalue weighted by molar-refractivity contribution is 0.588. The maximum atomic E-state index is 13.0. The van der Waals surface area contributed by atoms with Gasteiger partial charge in [-0.15, -0.1) is 0 Å². The molecule has 0 bridgehead atoms. The fourth-order valence-corrected chi connectivity index (χ4v) is 1.80. The Morgan fingerprint density at radius 2 is 2.14 bits per heavy atom. The summed E-state index contributed by atoms with van der Waals surface area (Å²) in [5, 5.41) is 4.16. The quantitative estimate of drug-likeness (QED) is 0.836. The second kappa shape index (κ2) is 5.83. The van der Waals surface area contributed by atoms with Crippen molar-refractivity contribution in [2.24, 2.45) is 0 Å². The Hall–Kier alpha value is 0.0700. The SMILES string of the molecule is CC(CBr)NCc1cc(F)cc(Br)c1. The zero-order valence-electron chi connectivity index (χ0n) is 7.86. The van der Waals surface area contributed by atoms with Crippen LogP contribution >= 0.6 is 31.9 Å². The lowest BCUT2D eigenvalue weighted by atomic mass is 10.2. The second-order valence-corrected chi connectivity index (χ2v) is 4.78. The van der Waals surface area contributed by atoms with Crippen LogP contribution in [0.3, 0.4) is 0 Å². The van der Waals surface area contributed by atoms with Crippen molar-refractivity contribution in [3.05, 3.63) is 34.1 Å². The van der Waals surface area contributed by atoms with E-state index in [1.807, 2.05) is 6.07 Å². The monoisotopic (exact) mass is 323 g/mol. The number of alkyl halides is 1. The number of nitrogens with one attached hydrogen (secondary N) is 1. The van der Waals surface area contributed by atoms with Crippen molar-refractivity contribution < 1.29 is 4.39 Å². The van der Waals surface area contributed by atoms with Gasteiger partial charge in [-0.05, 0) is 30.7 Å². The van der Waals surface area contributed by atoms with Gasteiger partial charge in [0.25, 0.3) is 0 Å². The Morgan fingerprint density at radius 1 is 1.43 bits per heavy atom. The molecule has 1 unspecified atom stereocenters. The van der Waals surface area contributed by atoms with Crippen molar-refractivity contribution in [1.82, 2.24) is 5.32 Å². The molecule has 0 aliphatic carbocycles. The van der Waals surface area contributed by atoms with Crippen LogP contribution in [-0.4, -0.2) is 11.4 Å². The minimum absolute atomic E-state index is 0.206. The van der Waals surface area contributed by atoms with Crippen LogP contribution < -0.4 is 5.32 Å². The predicted octanol–water partition coefficient (Wildman–Crippen LogP) is 3.46. The van der Waals surface area contributed by atoms with Gasteiger partial charge < -0.3 is 5.32 Å². The largest absolute Gasteiger partial charge is 0.309 e. The summed E-state index contributed by atoms with van der Waals surface area (Å²) in [6.45, 7) is 2.76. The molecule has 0 amide bonds. The molecule has 1 N–H and O–H groups in total. The van der Waals surface area contributed by atoms with E-state index in [9.17, 15) is 4.39 Å². The van der Waals surface area contributed by atoms with Crippen LogP contribution in [0.5, 0.6) is 0 Å². The summed E-state index contributed by atoms with van der Waals surface area (Å²) < 4.78 is 13.7. The summed E-state index contributed by atoms with van der Waals surface area (Å²) in [5.41, 5.74) is 0.949. The highest BCUT2D eigenvalue weighted by atomic mass is 79.9. The average Bonchev–Trinajstić information content (AvgIpc) is 2.12. The van der Waals surface area contributed by atoms with E-state index >= 15 is 0 Å². The average molecular weight is 325 g/mol. The number of hydrogen-bond acceptors (Lipinski definition) is 1. The highest BCUT2D eigenvalue weighted by molar-refractivity contribution is 9.10. The number of hydrogen-bond donors (Lipinski definition) is 1. The van der Waals surface area contributed by atoms with Crippen LogP contribution in [-0.2, 0) is 6.54 Å². The molecule has 1 rings (SSSR count). The Kier molecular flexibility index (Phi) is 5.06. The van der Waals surface area contributed by atoms with Crippen LogP contribution in [0, 0.1) is 5.82 Å². The molecule has 1 aromatic carbocycles. The van der Waals surface area contributed by atoms with E-state index in [2.05, 4.69) is 44.1 Å². The highest BCUT2D eigenvalue weighted by Crippen LogP contribution is 2.14. The summed E-state index contributed by atoms with van der Waals surface area (Å²) in [6.07, 6.45) is 0. The van der Waals surface area contributed by atoms with Gasteiger partial charge in [0.15, 0.2) is 0 Å². The van der Waals surface area contributed by atoms with Crippen molar-refractivity contribution in [2.45, 2.75) is 19.5 Å². The summed E-state index contributed by atoms with van der Waals surface area (Å²) in [6, 6.07) is 5.30. The molecule has 0 aromatic heterocycles. The van der Waals surface area contributed by atoms with Gasteiger partial charge in [-0.3, -0.25) is 0 Å². The van der Waals surface area contributed by atoms with Crippen molar-refractivity contribution >= 4 is 31.9 Å². The number of halogens is 3. The van der Waals surface area contributed by atoms with Crippen molar-refractivity contribution in [1.29, 1.82) is 0 Å². The molecule has 4 heteroatoms. The Bertz CT molecular complexity index is 284. The minimum Gasteiger partial charge on any atom is -0.309 e. The van der Waals surface area contributed by atoms with Gasteiger partial charge in [0.1, 0.15) is 5.82 Å².